The number of hydrogen-bond donors (Lipinski definition) is 2. The van der Waals surface area contributed by atoms with Crippen LogP contribution in [0.2, 0.25) is 0 Å². The molecule has 8 heteroatoms. The number of piperidine rings is 1. The Morgan fingerprint density at radius 3 is 2.89 bits per heavy atom. The quantitative estimate of drug-likeness (QED) is 0.785. The van der Waals surface area contributed by atoms with Crippen LogP contribution in [0.5, 0.6) is 0 Å². The number of nitrogens with one attached hydrogen (secondary N) is 2. The minimum Gasteiger partial charge on any atom is -0.353 e. The molecule has 1 saturated heterocycles. The first-order valence-electron chi connectivity index (χ1n) is 9.39. The summed E-state index contributed by atoms with van der Waals surface area (Å²) in [5.74, 6) is 0.928. The van der Waals surface area contributed by atoms with Crippen molar-refractivity contribution < 1.29 is 4.79 Å². The van der Waals surface area contributed by atoms with Crippen LogP contribution in [0.25, 0.3) is 11.3 Å². The van der Waals surface area contributed by atoms with Crippen molar-refractivity contribution in [2.45, 2.75) is 50.1 Å². The van der Waals surface area contributed by atoms with E-state index in [0.717, 1.165) is 36.9 Å². The number of carbonyl (C=O) groups is 1. The molecule has 1 amide bonds. The summed E-state index contributed by atoms with van der Waals surface area (Å²) in [6.45, 7) is 2.01. The summed E-state index contributed by atoms with van der Waals surface area (Å²) < 4.78 is 0. The van der Waals surface area contributed by atoms with Crippen LogP contribution in [-0.4, -0.2) is 43.3 Å². The minimum absolute atomic E-state index is 0.0797. The molecule has 2 aromatic rings. The third-order valence-electron chi connectivity index (χ3n) is 5.61. The predicted molar refractivity (Wildman–Crippen MR) is 103 cm³/mol. The van der Waals surface area contributed by atoms with E-state index in [1.165, 1.54) is 6.33 Å². The van der Waals surface area contributed by atoms with Crippen molar-refractivity contribution in [2.75, 3.05) is 5.32 Å². The molecule has 142 valence electrons. The lowest BCUT2D eigenvalue weighted by atomic mass is 9.74. The number of carbonyl (C=O) groups excluding carboxylic acids is 1. The Kier molecular flexibility index (Phi) is 5.20. The van der Waals surface area contributed by atoms with E-state index in [4.69, 9.17) is 11.6 Å². The molecule has 3 heterocycles. The van der Waals surface area contributed by atoms with E-state index in [2.05, 4.69) is 30.6 Å². The second-order valence-electron chi connectivity index (χ2n) is 7.45. The van der Waals surface area contributed by atoms with Crippen LogP contribution in [-0.2, 0) is 4.79 Å². The molecule has 0 radical (unpaired) electrons. The Hall–Kier alpha value is -2.28. The number of anilines is 1. The summed E-state index contributed by atoms with van der Waals surface area (Å²) in [4.78, 5) is 29.5. The highest BCUT2D eigenvalue weighted by atomic mass is 35.5. The Morgan fingerprint density at radius 2 is 2.07 bits per heavy atom. The zero-order valence-electron chi connectivity index (χ0n) is 15.2. The van der Waals surface area contributed by atoms with Crippen molar-refractivity contribution in [1.82, 2.24) is 25.3 Å². The van der Waals surface area contributed by atoms with Gasteiger partial charge in [-0.15, -0.1) is 11.6 Å². The zero-order chi connectivity index (χ0) is 18.8. The van der Waals surface area contributed by atoms with Crippen LogP contribution < -0.4 is 10.6 Å². The molecule has 2 fully saturated rings. The van der Waals surface area contributed by atoms with Gasteiger partial charge in [-0.25, -0.2) is 19.9 Å². The number of aromatic nitrogens is 4. The topological polar surface area (TPSA) is 92.7 Å². The number of nitrogens with zero attached hydrogens (tertiary/aromatic N) is 4. The zero-order valence-corrected chi connectivity index (χ0v) is 15.9. The molecule has 1 aliphatic heterocycles. The second-order valence-corrected chi connectivity index (χ2v) is 8.07. The maximum atomic E-state index is 12.6. The summed E-state index contributed by atoms with van der Waals surface area (Å²) >= 11 is 6.35. The van der Waals surface area contributed by atoms with Gasteiger partial charge in [0.1, 0.15) is 6.33 Å². The van der Waals surface area contributed by atoms with Gasteiger partial charge in [-0.1, -0.05) is 0 Å². The van der Waals surface area contributed by atoms with E-state index < -0.39 is 0 Å². The number of halogens is 1. The van der Waals surface area contributed by atoms with Crippen molar-refractivity contribution in [3.05, 3.63) is 31.0 Å². The Morgan fingerprint density at radius 1 is 1.26 bits per heavy atom. The van der Waals surface area contributed by atoms with E-state index in [0.29, 0.717) is 11.9 Å². The van der Waals surface area contributed by atoms with Gasteiger partial charge in [-0.05, 0) is 44.6 Å². The molecule has 2 aliphatic rings. The van der Waals surface area contributed by atoms with Gasteiger partial charge in [0, 0.05) is 41.6 Å². The highest BCUT2D eigenvalue weighted by Gasteiger charge is 2.41. The number of alkyl halides is 1. The van der Waals surface area contributed by atoms with E-state index >= 15 is 0 Å². The van der Waals surface area contributed by atoms with Gasteiger partial charge in [0.2, 0.25) is 11.9 Å². The van der Waals surface area contributed by atoms with Gasteiger partial charge >= 0.3 is 0 Å². The summed E-state index contributed by atoms with van der Waals surface area (Å²) in [7, 11) is 0. The molecule has 2 aromatic heterocycles. The van der Waals surface area contributed by atoms with Crippen molar-refractivity contribution in [2.24, 2.45) is 11.8 Å². The maximum absolute atomic E-state index is 12.6. The third kappa shape index (κ3) is 4.03. The molecule has 2 N–H and O–H groups in total. The molecule has 0 bridgehead atoms. The van der Waals surface area contributed by atoms with Gasteiger partial charge in [-0.3, -0.25) is 4.79 Å². The van der Waals surface area contributed by atoms with Crippen molar-refractivity contribution in [3.8, 4) is 11.3 Å². The predicted octanol–water partition coefficient (Wildman–Crippen LogP) is 2.65. The summed E-state index contributed by atoms with van der Waals surface area (Å²) in [5, 5.41) is 6.72. The van der Waals surface area contributed by atoms with Gasteiger partial charge in [-0.2, -0.15) is 0 Å². The molecular weight excluding hydrogens is 364 g/mol. The Bertz CT molecular complexity index is 804. The third-order valence-corrected chi connectivity index (χ3v) is 6.01. The van der Waals surface area contributed by atoms with E-state index in [-0.39, 0.29) is 29.3 Å². The van der Waals surface area contributed by atoms with Gasteiger partial charge in [0.05, 0.1) is 11.6 Å². The average Bonchev–Trinajstić information content (AvgIpc) is 2.68. The molecule has 4 unspecified atom stereocenters. The highest BCUT2D eigenvalue weighted by Crippen LogP contribution is 2.36. The van der Waals surface area contributed by atoms with Gasteiger partial charge < -0.3 is 10.6 Å². The average molecular weight is 387 g/mol. The van der Waals surface area contributed by atoms with Gasteiger partial charge in [0.15, 0.2) is 0 Å². The van der Waals surface area contributed by atoms with Crippen LogP contribution in [0.1, 0.15) is 32.6 Å². The second kappa shape index (κ2) is 7.76. The lowest BCUT2D eigenvalue weighted by Gasteiger charge is -2.42. The summed E-state index contributed by atoms with van der Waals surface area (Å²) in [6, 6.07) is 2.01. The lowest BCUT2D eigenvalue weighted by molar-refractivity contribution is -0.130. The Labute approximate surface area is 163 Å². The Balaban J connectivity index is 1.46. The minimum atomic E-state index is -0.125. The van der Waals surface area contributed by atoms with E-state index in [1.54, 1.807) is 18.6 Å². The number of amides is 1. The largest absolute Gasteiger partial charge is 0.353 e. The number of rotatable bonds is 4. The van der Waals surface area contributed by atoms with Crippen molar-refractivity contribution in [3.63, 3.8) is 0 Å². The molecular formula is C19H23ClN6O. The lowest BCUT2D eigenvalue weighted by Crippen LogP contribution is -2.55. The maximum Gasteiger partial charge on any atom is 0.225 e. The van der Waals surface area contributed by atoms with E-state index in [9.17, 15) is 4.79 Å². The molecule has 1 saturated carbocycles. The fourth-order valence-corrected chi connectivity index (χ4v) is 4.49. The molecule has 1 aliphatic carbocycles. The molecule has 0 aromatic carbocycles. The SMILES string of the molecule is C[C@H](Nc1nccc(-c2cncnc2)n1)C1CC2CC(Cl)CCC2NC1=O. The van der Waals surface area contributed by atoms with Gasteiger partial charge in [0.25, 0.3) is 0 Å². The number of fused-ring (bicyclic) bond motifs is 1. The number of hydrogen-bond acceptors (Lipinski definition) is 6. The van der Waals surface area contributed by atoms with Crippen LogP contribution in [0.15, 0.2) is 31.0 Å². The van der Waals surface area contributed by atoms with Crippen LogP contribution in [0, 0.1) is 11.8 Å². The van der Waals surface area contributed by atoms with Crippen LogP contribution in [0.3, 0.4) is 0 Å². The molecule has 4 rings (SSSR count). The first-order valence-corrected chi connectivity index (χ1v) is 9.83. The van der Waals surface area contributed by atoms with Crippen LogP contribution in [0.4, 0.5) is 5.95 Å². The van der Waals surface area contributed by atoms with Crippen LogP contribution >= 0.6 is 11.6 Å². The standard InChI is InChI=1S/C19H23ClN6O/c1-11(15-7-12-6-14(20)2-3-16(12)25-18(15)27)24-19-23-5-4-17(26-19)13-8-21-10-22-9-13/h4-5,8-12,14-16H,2-3,6-7H2,1H3,(H,25,27)(H,23,24,26)/t11-,12?,14?,15?,16?/m0/s1. The fourth-order valence-electron chi connectivity index (χ4n) is 4.14. The summed E-state index contributed by atoms with van der Waals surface area (Å²) in [6.07, 6.45) is 10.4. The first kappa shape index (κ1) is 18.1. The normalized spacial score (nSPS) is 28.7. The highest BCUT2D eigenvalue weighted by molar-refractivity contribution is 6.20. The summed E-state index contributed by atoms with van der Waals surface area (Å²) in [5.41, 5.74) is 1.56. The van der Waals surface area contributed by atoms with E-state index in [1.807, 2.05) is 13.0 Å². The monoisotopic (exact) mass is 386 g/mol. The van der Waals surface area contributed by atoms with Crippen molar-refractivity contribution in [1.29, 1.82) is 0 Å². The first-order chi connectivity index (χ1) is 13.1. The molecule has 5 atom stereocenters. The fraction of sp³-hybridized carbons (Fsp3) is 0.526. The molecule has 0 spiro atoms. The molecule has 7 nitrogen and oxygen atoms in total. The molecule has 27 heavy (non-hydrogen) atoms. The van der Waals surface area contributed by atoms with Crippen molar-refractivity contribution >= 4 is 23.5 Å². The smallest absolute Gasteiger partial charge is 0.225 e.